The topological polar surface area (TPSA) is 75.4 Å². The molecule has 1 aromatic rings. The van der Waals surface area contributed by atoms with Crippen molar-refractivity contribution in [1.82, 2.24) is 10.2 Å². The fourth-order valence-corrected chi connectivity index (χ4v) is 2.09. The van der Waals surface area contributed by atoms with Gasteiger partial charge in [0, 0.05) is 36.8 Å². The third-order valence-electron chi connectivity index (χ3n) is 3.18. The summed E-state index contributed by atoms with van der Waals surface area (Å²) in [4.78, 5) is 25.1. The number of carbonyl (C=O) groups excluding carboxylic acids is 2. The van der Waals surface area contributed by atoms with Gasteiger partial charge in [-0.05, 0) is 31.2 Å². The molecule has 5 nitrogen and oxygen atoms in total. The van der Waals surface area contributed by atoms with E-state index in [-0.39, 0.29) is 24.4 Å². The van der Waals surface area contributed by atoms with Crippen LogP contribution in [0.4, 0.5) is 0 Å². The molecule has 1 atom stereocenters. The van der Waals surface area contributed by atoms with E-state index in [1.165, 1.54) is 0 Å². The van der Waals surface area contributed by atoms with Crippen molar-refractivity contribution in [2.24, 2.45) is 5.73 Å². The Hall–Kier alpha value is -1.59. The molecule has 0 bridgehead atoms. The fourth-order valence-electron chi connectivity index (χ4n) is 2.09. The third-order valence-corrected chi connectivity index (χ3v) is 3.18. The summed E-state index contributed by atoms with van der Waals surface area (Å²) in [6, 6.07) is 6.65. The van der Waals surface area contributed by atoms with Crippen molar-refractivity contribution < 1.29 is 9.59 Å². The average molecular weight is 284 g/mol. The van der Waals surface area contributed by atoms with Crippen LogP contribution in [0, 0.1) is 0 Å². The van der Waals surface area contributed by atoms with Crippen LogP contribution in [0.3, 0.4) is 0 Å². The van der Waals surface area contributed by atoms with Crippen molar-refractivity contribution in [1.29, 1.82) is 0 Å². The Morgan fingerprint density at radius 1 is 1.26 bits per heavy atom. The van der Waals surface area contributed by atoms with Crippen molar-refractivity contribution in [3.05, 3.63) is 35.4 Å². The molecule has 104 valence electrons. The summed E-state index contributed by atoms with van der Waals surface area (Å²) < 4.78 is 0. The Balaban J connectivity index is 0.00000180. The smallest absolute Gasteiger partial charge is 0.254 e. The lowest BCUT2D eigenvalue weighted by atomic mass is 10.1. The molecule has 3 N–H and O–H groups in total. The summed E-state index contributed by atoms with van der Waals surface area (Å²) in [5.74, 6) is -0.482. The molecule has 19 heavy (non-hydrogen) atoms. The highest BCUT2D eigenvalue weighted by atomic mass is 35.5. The standard InChI is InChI=1S/C13H17N3O2.ClH/c1-9-8-15-6-7-16(9)13(18)11-4-2-10(3-5-11)12(14)17;/h2-5,9,15H,6-8H2,1H3,(H2,14,17);1H/t9-;/m1./s1. The summed E-state index contributed by atoms with van der Waals surface area (Å²) in [5, 5.41) is 3.24. The van der Waals surface area contributed by atoms with Crippen LogP contribution in [0.1, 0.15) is 27.6 Å². The highest BCUT2D eigenvalue weighted by molar-refractivity contribution is 5.97. The molecule has 0 aromatic heterocycles. The zero-order valence-electron chi connectivity index (χ0n) is 10.8. The van der Waals surface area contributed by atoms with Gasteiger partial charge in [-0.15, -0.1) is 12.4 Å². The first-order chi connectivity index (χ1) is 8.59. The number of hydrogen-bond acceptors (Lipinski definition) is 3. The zero-order chi connectivity index (χ0) is 13.1. The molecular formula is C13H18ClN3O2. The number of primary amides is 1. The van der Waals surface area contributed by atoms with Crippen LogP contribution in [0.5, 0.6) is 0 Å². The minimum absolute atomic E-state index is 0. The molecule has 1 aliphatic heterocycles. The molecule has 1 saturated heterocycles. The maximum atomic E-state index is 12.3. The Labute approximate surface area is 118 Å². The van der Waals surface area contributed by atoms with Crippen LogP contribution in [-0.4, -0.2) is 42.4 Å². The second kappa shape index (κ2) is 6.54. The summed E-state index contributed by atoms with van der Waals surface area (Å²) in [5.41, 5.74) is 6.17. The molecule has 0 radical (unpaired) electrons. The van der Waals surface area contributed by atoms with Crippen LogP contribution in [0.25, 0.3) is 0 Å². The molecule has 2 amide bonds. The molecule has 1 aromatic carbocycles. The number of carbonyl (C=O) groups is 2. The normalized spacial score (nSPS) is 18.6. The predicted molar refractivity (Wildman–Crippen MR) is 75.6 cm³/mol. The second-order valence-corrected chi connectivity index (χ2v) is 4.49. The Kier molecular flexibility index (Phi) is 5.32. The van der Waals surface area contributed by atoms with Gasteiger partial charge in [-0.25, -0.2) is 0 Å². The van der Waals surface area contributed by atoms with Crippen molar-refractivity contribution in [3.8, 4) is 0 Å². The average Bonchev–Trinajstić information content (AvgIpc) is 2.38. The lowest BCUT2D eigenvalue weighted by molar-refractivity contribution is 0.0655. The van der Waals surface area contributed by atoms with Gasteiger partial charge >= 0.3 is 0 Å². The molecule has 2 rings (SSSR count). The largest absolute Gasteiger partial charge is 0.366 e. The summed E-state index contributed by atoms with van der Waals surface area (Å²) in [6.45, 7) is 4.35. The summed E-state index contributed by atoms with van der Waals surface area (Å²) in [6.07, 6.45) is 0. The number of nitrogens with two attached hydrogens (primary N) is 1. The molecule has 6 heteroatoms. The molecular weight excluding hydrogens is 266 g/mol. The lowest BCUT2D eigenvalue weighted by Crippen LogP contribution is -2.52. The van der Waals surface area contributed by atoms with E-state index in [2.05, 4.69) is 5.32 Å². The second-order valence-electron chi connectivity index (χ2n) is 4.49. The van der Waals surface area contributed by atoms with Gasteiger partial charge in [-0.3, -0.25) is 9.59 Å². The van der Waals surface area contributed by atoms with Crippen molar-refractivity contribution in [2.75, 3.05) is 19.6 Å². The van der Waals surface area contributed by atoms with Gasteiger partial charge in [-0.1, -0.05) is 0 Å². The summed E-state index contributed by atoms with van der Waals surface area (Å²) in [7, 11) is 0. The van der Waals surface area contributed by atoms with Crippen LogP contribution in [0.15, 0.2) is 24.3 Å². The minimum atomic E-state index is -0.482. The van der Waals surface area contributed by atoms with Crippen LogP contribution in [-0.2, 0) is 0 Å². The number of halogens is 1. The molecule has 0 unspecified atom stereocenters. The lowest BCUT2D eigenvalue weighted by Gasteiger charge is -2.34. The zero-order valence-corrected chi connectivity index (χ0v) is 11.6. The van der Waals surface area contributed by atoms with E-state index in [1.807, 2.05) is 11.8 Å². The first-order valence-electron chi connectivity index (χ1n) is 6.01. The van der Waals surface area contributed by atoms with E-state index in [1.54, 1.807) is 24.3 Å². The van der Waals surface area contributed by atoms with E-state index in [4.69, 9.17) is 5.73 Å². The number of hydrogen-bond donors (Lipinski definition) is 2. The van der Waals surface area contributed by atoms with Gasteiger partial charge in [-0.2, -0.15) is 0 Å². The highest BCUT2D eigenvalue weighted by Crippen LogP contribution is 2.11. The monoisotopic (exact) mass is 283 g/mol. The predicted octanol–water partition coefficient (Wildman–Crippen LogP) is 0.641. The van der Waals surface area contributed by atoms with E-state index in [9.17, 15) is 9.59 Å². The number of benzene rings is 1. The van der Waals surface area contributed by atoms with Gasteiger partial charge in [0.05, 0.1) is 0 Å². The molecule has 1 heterocycles. The third kappa shape index (κ3) is 3.45. The Bertz CT molecular complexity index is 461. The van der Waals surface area contributed by atoms with E-state index >= 15 is 0 Å². The van der Waals surface area contributed by atoms with Crippen molar-refractivity contribution in [2.45, 2.75) is 13.0 Å². The van der Waals surface area contributed by atoms with Crippen molar-refractivity contribution in [3.63, 3.8) is 0 Å². The summed E-state index contributed by atoms with van der Waals surface area (Å²) >= 11 is 0. The van der Waals surface area contributed by atoms with Gasteiger partial charge in [0.1, 0.15) is 0 Å². The van der Waals surface area contributed by atoms with E-state index in [0.29, 0.717) is 17.7 Å². The minimum Gasteiger partial charge on any atom is -0.366 e. The molecule has 0 spiro atoms. The number of nitrogens with one attached hydrogen (secondary N) is 1. The first kappa shape index (κ1) is 15.5. The molecule has 1 aliphatic rings. The number of amides is 2. The quantitative estimate of drug-likeness (QED) is 0.836. The van der Waals surface area contributed by atoms with E-state index in [0.717, 1.165) is 13.1 Å². The van der Waals surface area contributed by atoms with E-state index < -0.39 is 5.91 Å². The highest BCUT2D eigenvalue weighted by Gasteiger charge is 2.23. The maximum absolute atomic E-state index is 12.3. The number of piperazine rings is 1. The fraction of sp³-hybridized carbons (Fsp3) is 0.385. The number of nitrogens with zero attached hydrogens (tertiary/aromatic N) is 1. The van der Waals surface area contributed by atoms with Gasteiger partial charge < -0.3 is 16.0 Å². The van der Waals surface area contributed by atoms with Crippen LogP contribution < -0.4 is 11.1 Å². The number of rotatable bonds is 2. The maximum Gasteiger partial charge on any atom is 0.254 e. The Morgan fingerprint density at radius 3 is 2.37 bits per heavy atom. The van der Waals surface area contributed by atoms with Gasteiger partial charge in [0.2, 0.25) is 5.91 Å². The van der Waals surface area contributed by atoms with Crippen LogP contribution in [0.2, 0.25) is 0 Å². The Morgan fingerprint density at radius 2 is 1.84 bits per heavy atom. The SMILES string of the molecule is C[C@@H]1CNCCN1C(=O)c1ccc(C(N)=O)cc1.Cl. The van der Waals surface area contributed by atoms with Gasteiger partial charge in [0.15, 0.2) is 0 Å². The van der Waals surface area contributed by atoms with Crippen molar-refractivity contribution >= 4 is 24.2 Å². The molecule has 1 fully saturated rings. The first-order valence-corrected chi connectivity index (χ1v) is 6.01. The van der Waals surface area contributed by atoms with Crippen LogP contribution >= 0.6 is 12.4 Å². The van der Waals surface area contributed by atoms with Gasteiger partial charge in [0.25, 0.3) is 5.91 Å². The molecule has 0 aliphatic carbocycles. The molecule has 0 saturated carbocycles.